The summed E-state index contributed by atoms with van der Waals surface area (Å²) in [5, 5.41) is 0. The molecule has 16 heavy (non-hydrogen) atoms. The molecule has 0 N–H and O–H groups in total. The maximum absolute atomic E-state index is 13.5. The molecular weight excluding hydrogens is 279 g/mol. The number of methoxy groups -OCH3 is 2. The number of benzene rings is 1. The van der Waals surface area contributed by atoms with E-state index in [1.165, 1.54) is 27.2 Å². The second kappa shape index (κ2) is 5.30. The Bertz CT molecular complexity index is 418. The van der Waals surface area contributed by atoms with Crippen LogP contribution in [0.4, 0.5) is 4.39 Å². The summed E-state index contributed by atoms with van der Waals surface area (Å²) in [5.74, 6) is -0.294. The summed E-state index contributed by atoms with van der Waals surface area (Å²) in [6.45, 7) is 1.46. The van der Waals surface area contributed by atoms with Crippen molar-refractivity contribution in [3.63, 3.8) is 0 Å². The molecule has 0 aromatic heterocycles. The Morgan fingerprint density at radius 1 is 1.38 bits per heavy atom. The second-order valence-corrected chi connectivity index (χ2v) is 4.12. The van der Waals surface area contributed by atoms with E-state index >= 15 is 0 Å². The van der Waals surface area contributed by atoms with Gasteiger partial charge in [0.15, 0.2) is 17.3 Å². The first kappa shape index (κ1) is 13.0. The summed E-state index contributed by atoms with van der Waals surface area (Å²) in [7, 11) is 2.76. The molecule has 0 unspecified atom stereocenters. The van der Waals surface area contributed by atoms with Crippen LogP contribution in [0.5, 0.6) is 11.5 Å². The van der Waals surface area contributed by atoms with Gasteiger partial charge in [0.1, 0.15) is 5.78 Å². The van der Waals surface area contributed by atoms with E-state index in [4.69, 9.17) is 9.47 Å². The molecule has 0 spiro atoms. The number of halogens is 2. The van der Waals surface area contributed by atoms with Crippen LogP contribution in [-0.2, 0) is 11.2 Å². The molecular formula is C11H12BrFO3. The predicted octanol–water partition coefficient (Wildman–Crippen LogP) is 2.74. The SMILES string of the molecule is COc1c(F)cc(Br)c(CC(C)=O)c1OC. The first-order valence-electron chi connectivity index (χ1n) is 4.59. The quantitative estimate of drug-likeness (QED) is 0.855. The lowest BCUT2D eigenvalue weighted by Gasteiger charge is -2.14. The summed E-state index contributed by atoms with van der Waals surface area (Å²) in [6.07, 6.45) is 0.167. The fourth-order valence-corrected chi connectivity index (χ4v) is 1.96. The van der Waals surface area contributed by atoms with E-state index in [0.29, 0.717) is 10.0 Å². The molecule has 1 rings (SSSR count). The van der Waals surface area contributed by atoms with Gasteiger partial charge in [0.05, 0.1) is 14.2 Å². The smallest absolute Gasteiger partial charge is 0.197 e. The number of hydrogen-bond donors (Lipinski definition) is 0. The average Bonchev–Trinajstić information content (AvgIpc) is 2.20. The van der Waals surface area contributed by atoms with Crippen LogP contribution < -0.4 is 9.47 Å². The molecule has 0 aliphatic heterocycles. The lowest BCUT2D eigenvalue weighted by atomic mass is 10.1. The van der Waals surface area contributed by atoms with E-state index in [1.807, 2.05) is 0 Å². The third-order valence-electron chi connectivity index (χ3n) is 2.07. The van der Waals surface area contributed by atoms with Gasteiger partial charge in [-0.25, -0.2) is 4.39 Å². The van der Waals surface area contributed by atoms with Crippen molar-refractivity contribution in [2.45, 2.75) is 13.3 Å². The van der Waals surface area contributed by atoms with Gasteiger partial charge in [-0.2, -0.15) is 0 Å². The predicted molar refractivity (Wildman–Crippen MR) is 61.6 cm³/mol. The molecule has 0 bridgehead atoms. The largest absolute Gasteiger partial charge is 0.492 e. The zero-order valence-corrected chi connectivity index (χ0v) is 10.9. The van der Waals surface area contributed by atoms with Crippen molar-refractivity contribution < 1.29 is 18.7 Å². The van der Waals surface area contributed by atoms with E-state index in [0.717, 1.165) is 0 Å². The van der Waals surface area contributed by atoms with Crippen LogP contribution in [0.15, 0.2) is 10.5 Å². The second-order valence-electron chi connectivity index (χ2n) is 3.26. The molecule has 0 saturated heterocycles. The highest BCUT2D eigenvalue weighted by Crippen LogP contribution is 2.38. The first-order chi connectivity index (χ1) is 7.51. The van der Waals surface area contributed by atoms with Gasteiger partial charge in [-0.05, 0) is 13.0 Å². The summed E-state index contributed by atoms with van der Waals surface area (Å²) < 4.78 is 24.0. The Balaban J connectivity index is 3.39. The number of carbonyl (C=O) groups is 1. The van der Waals surface area contributed by atoms with E-state index in [9.17, 15) is 9.18 Å². The van der Waals surface area contributed by atoms with Crippen molar-refractivity contribution in [1.82, 2.24) is 0 Å². The fourth-order valence-electron chi connectivity index (χ4n) is 1.44. The molecule has 0 aliphatic carbocycles. The van der Waals surface area contributed by atoms with Gasteiger partial charge in [-0.1, -0.05) is 15.9 Å². The maximum Gasteiger partial charge on any atom is 0.197 e. The number of rotatable bonds is 4. The Hall–Kier alpha value is -1.10. The summed E-state index contributed by atoms with van der Waals surface area (Å²) in [5.41, 5.74) is 0.591. The monoisotopic (exact) mass is 290 g/mol. The highest BCUT2D eigenvalue weighted by Gasteiger charge is 2.19. The zero-order valence-electron chi connectivity index (χ0n) is 9.27. The van der Waals surface area contributed by atoms with Crippen molar-refractivity contribution in [2.75, 3.05) is 14.2 Å². The minimum Gasteiger partial charge on any atom is -0.492 e. The molecule has 1 aromatic rings. The van der Waals surface area contributed by atoms with E-state index < -0.39 is 5.82 Å². The Kier molecular flexibility index (Phi) is 4.29. The van der Waals surface area contributed by atoms with Crippen LogP contribution in [0.3, 0.4) is 0 Å². The number of ether oxygens (including phenoxy) is 2. The normalized spacial score (nSPS) is 10.1. The van der Waals surface area contributed by atoms with Crippen LogP contribution in [0, 0.1) is 5.82 Å². The van der Waals surface area contributed by atoms with Crippen molar-refractivity contribution in [1.29, 1.82) is 0 Å². The molecule has 0 amide bonds. The number of ketones is 1. The highest BCUT2D eigenvalue weighted by atomic mass is 79.9. The number of hydrogen-bond acceptors (Lipinski definition) is 3. The van der Waals surface area contributed by atoms with Crippen LogP contribution in [0.2, 0.25) is 0 Å². The number of carbonyl (C=O) groups excluding carboxylic acids is 1. The number of Topliss-reactive ketones (excluding diaryl/α,β-unsaturated/α-hetero) is 1. The van der Waals surface area contributed by atoms with Crippen LogP contribution in [0.25, 0.3) is 0 Å². The lowest BCUT2D eigenvalue weighted by molar-refractivity contribution is -0.116. The van der Waals surface area contributed by atoms with Crippen molar-refractivity contribution in [3.05, 3.63) is 21.9 Å². The van der Waals surface area contributed by atoms with Crippen molar-refractivity contribution in [2.24, 2.45) is 0 Å². The molecule has 0 fully saturated rings. The molecule has 3 nitrogen and oxygen atoms in total. The Morgan fingerprint density at radius 2 is 1.94 bits per heavy atom. The lowest BCUT2D eigenvalue weighted by Crippen LogP contribution is -2.04. The van der Waals surface area contributed by atoms with Gasteiger partial charge in [0.2, 0.25) is 0 Å². The van der Waals surface area contributed by atoms with Crippen LogP contribution in [-0.4, -0.2) is 20.0 Å². The van der Waals surface area contributed by atoms with Crippen molar-refractivity contribution >= 4 is 21.7 Å². The van der Waals surface area contributed by atoms with Crippen LogP contribution in [0.1, 0.15) is 12.5 Å². The topological polar surface area (TPSA) is 35.5 Å². The molecule has 1 aromatic carbocycles. The van der Waals surface area contributed by atoms with Crippen LogP contribution >= 0.6 is 15.9 Å². The molecule has 0 radical (unpaired) electrons. The van der Waals surface area contributed by atoms with Gasteiger partial charge in [0, 0.05) is 16.5 Å². The van der Waals surface area contributed by atoms with E-state index in [1.54, 1.807) is 0 Å². The molecule has 0 atom stereocenters. The minimum atomic E-state index is -0.529. The Morgan fingerprint density at radius 3 is 2.38 bits per heavy atom. The summed E-state index contributed by atoms with van der Waals surface area (Å²) in [4.78, 5) is 11.1. The third-order valence-corrected chi connectivity index (χ3v) is 2.78. The van der Waals surface area contributed by atoms with Crippen molar-refractivity contribution in [3.8, 4) is 11.5 Å². The average molecular weight is 291 g/mol. The van der Waals surface area contributed by atoms with Gasteiger partial charge < -0.3 is 9.47 Å². The van der Waals surface area contributed by atoms with Gasteiger partial charge >= 0.3 is 0 Å². The van der Waals surface area contributed by atoms with E-state index in [2.05, 4.69) is 15.9 Å². The maximum atomic E-state index is 13.5. The first-order valence-corrected chi connectivity index (χ1v) is 5.38. The molecule has 0 aliphatic rings. The molecule has 88 valence electrons. The van der Waals surface area contributed by atoms with Gasteiger partial charge in [-0.3, -0.25) is 4.79 Å². The van der Waals surface area contributed by atoms with E-state index in [-0.39, 0.29) is 23.7 Å². The Labute approximate surface area is 102 Å². The summed E-state index contributed by atoms with van der Waals surface area (Å²) >= 11 is 3.20. The molecule has 0 heterocycles. The standard InChI is InChI=1S/C11H12BrFO3/c1-6(14)4-7-8(12)5-9(13)11(16-3)10(7)15-2/h5H,4H2,1-3H3. The van der Waals surface area contributed by atoms with Gasteiger partial charge in [-0.15, -0.1) is 0 Å². The third kappa shape index (κ3) is 2.52. The summed E-state index contributed by atoms with van der Waals surface area (Å²) in [6, 6.07) is 1.26. The molecule has 5 heteroatoms. The molecule has 0 saturated carbocycles. The zero-order chi connectivity index (χ0) is 12.3. The highest BCUT2D eigenvalue weighted by molar-refractivity contribution is 9.10. The fraction of sp³-hybridized carbons (Fsp3) is 0.364. The van der Waals surface area contributed by atoms with Gasteiger partial charge in [0.25, 0.3) is 0 Å². The minimum absolute atomic E-state index is 0.0157.